The lowest BCUT2D eigenvalue weighted by Crippen LogP contribution is -2.61. The number of benzene rings is 1. The van der Waals surface area contributed by atoms with Gasteiger partial charge >= 0.3 is 0 Å². The molecule has 226 valence electrons. The van der Waals surface area contributed by atoms with Crippen molar-refractivity contribution in [3.05, 3.63) is 77.5 Å². The number of amides is 1. The van der Waals surface area contributed by atoms with Gasteiger partial charge < -0.3 is 25.8 Å². The third-order valence-electron chi connectivity index (χ3n) is 8.56. The van der Waals surface area contributed by atoms with E-state index < -0.39 is 17.2 Å². The molecule has 0 unspecified atom stereocenters. The number of imidazole rings is 1. The molecule has 2 saturated heterocycles. The summed E-state index contributed by atoms with van der Waals surface area (Å²) in [5.74, 6) is -1.01. The van der Waals surface area contributed by atoms with E-state index in [0.29, 0.717) is 44.1 Å². The second-order valence-electron chi connectivity index (χ2n) is 11.6. The Morgan fingerprint density at radius 3 is 2.60 bits per heavy atom. The SMILES string of the molecule is CC(=O)N[C@@H]1[C@H](N)CN(c2ccncc2Cc2ncc3ccc(-c4c(F)cc(C5(O)CCOCC5)cc4F)nn23)C[C@@H]1C. The lowest BCUT2D eigenvalue weighted by Gasteiger charge is -2.43. The maximum atomic E-state index is 15.4. The Kier molecular flexibility index (Phi) is 7.84. The molecule has 2 aliphatic rings. The van der Waals surface area contributed by atoms with Crippen LogP contribution in [-0.4, -0.2) is 69.0 Å². The van der Waals surface area contributed by atoms with Gasteiger partial charge in [0.2, 0.25) is 5.91 Å². The van der Waals surface area contributed by atoms with Gasteiger partial charge in [-0.05, 0) is 41.8 Å². The number of aliphatic hydroxyl groups is 1. The van der Waals surface area contributed by atoms with Crippen LogP contribution in [0.4, 0.5) is 14.5 Å². The summed E-state index contributed by atoms with van der Waals surface area (Å²) in [6, 6.07) is 7.21. The molecule has 0 bridgehead atoms. The number of carbonyl (C=O) groups excluding carboxylic acids is 1. The van der Waals surface area contributed by atoms with E-state index in [1.807, 2.05) is 6.07 Å². The number of nitrogens with two attached hydrogens (primary N) is 1. The van der Waals surface area contributed by atoms with Crippen molar-refractivity contribution in [1.29, 1.82) is 0 Å². The third-order valence-corrected chi connectivity index (χ3v) is 8.56. The summed E-state index contributed by atoms with van der Waals surface area (Å²) < 4.78 is 37.7. The fraction of sp³-hybridized carbons (Fsp3) is 0.419. The zero-order valence-corrected chi connectivity index (χ0v) is 24.1. The van der Waals surface area contributed by atoms with Gasteiger partial charge in [-0.3, -0.25) is 9.78 Å². The summed E-state index contributed by atoms with van der Waals surface area (Å²) in [5.41, 5.74) is 7.69. The predicted molar refractivity (Wildman–Crippen MR) is 156 cm³/mol. The van der Waals surface area contributed by atoms with Crippen LogP contribution >= 0.6 is 0 Å². The van der Waals surface area contributed by atoms with Gasteiger partial charge in [0.15, 0.2) is 0 Å². The number of nitrogens with one attached hydrogen (secondary N) is 1. The molecule has 1 amide bonds. The summed E-state index contributed by atoms with van der Waals surface area (Å²) in [4.78, 5) is 22.8. The van der Waals surface area contributed by atoms with Crippen molar-refractivity contribution in [3.8, 4) is 11.3 Å². The van der Waals surface area contributed by atoms with Crippen molar-refractivity contribution in [2.45, 2.75) is 50.8 Å². The van der Waals surface area contributed by atoms with Crippen molar-refractivity contribution >= 4 is 17.1 Å². The van der Waals surface area contributed by atoms with Crippen LogP contribution in [0.3, 0.4) is 0 Å². The molecule has 43 heavy (non-hydrogen) atoms. The van der Waals surface area contributed by atoms with Crippen LogP contribution in [0.2, 0.25) is 0 Å². The van der Waals surface area contributed by atoms with Crippen LogP contribution < -0.4 is 16.0 Å². The van der Waals surface area contributed by atoms with Gasteiger partial charge in [0.1, 0.15) is 17.5 Å². The number of pyridine rings is 1. The molecule has 3 atom stereocenters. The molecule has 0 aliphatic carbocycles. The first-order chi connectivity index (χ1) is 20.6. The van der Waals surface area contributed by atoms with Crippen molar-refractivity contribution in [3.63, 3.8) is 0 Å². The van der Waals surface area contributed by atoms with E-state index in [4.69, 9.17) is 10.5 Å². The number of piperidine rings is 1. The van der Waals surface area contributed by atoms with Crippen LogP contribution in [0.15, 0.2) is 48.9 Å². The van der Waals surface area contributed by atoms with Crippen molar-refractivity contribution in [2.75, 3.05) is 31.2 Å². The maximum absolute atomic E-state index is 15.4. The van der Waals surface area contributed by atoms with Gasteiger partial charge in [-0.15, -0.1) is 0 Å². The monoisotopic (exact) mass is 591 g/mol. The first-order valence-electron chi connectivity index (χ1n) is 14.5. The Bertz CT molecular complexity index is 1620. The van der Waals surface area contributed by atoms with Crippen molar-refractivity contribution in [2.24, 2.45) is 11.7 Å². The highest BCUT2D eigenvalue weighted by Gasteiger charge is 2.35. The summed E-state index contributed by atoms with van der Waals surface area (Å²) in [6.45, 7) is 5.45. The van der Waals surface area contributed by atoms with Gasteiger partial charge in [0.25, 0.3) is 0 Å². The van der Waals surface area contributed by atoms with E-state index in [-0.39, 0.29) is 53.6 Å². The minimum atomic E-state index is -1.34. The molecule has 12 heteroatoms. The van der Waals surface area contributed by atoms with E-state index in [9.17, 15) is 9.90 Å². The molecule has 2 aliphatic heterocycles. The quantitative estimate of drug-likeness (QED) is 0.312. The zero-order chi connectivity index (χ0) is 30.3. The number of halogens is 2. The van der Waals surface area contributed by atoms with E-state index >= 15 is 8.78 Å². The number of rotatable bonds is 6. The summed E-state index contributed by atoms with van der Waals surface area (Å²) in [6.07, 6.45) is 6.05. The zero-order valence-electron chi connectivity index (χ0n) is 24.1. The number of fused-ring (bicyclic) bond motifs is 1. The molecule has 5 heterocycles. The van der Waals surface area contributed by atoms with Gasteiger partial charge in [-0.25, -0.2) is 18.3 Å². The highest BCUT2D eigenvalue weighted by Crippen LogP contribution is 2.36. The Morgan fingerprint density at radius 1 is 1.16 bits per heavy atom. The van der Waals surface area contributed by atoms with Crippen LogP contribution in [0, 0.1) is 17.6 Å². The predicted octanol–water partition coefficient (Wildman–Crippen LogP) is 2.95. The number of carbonyl (C=O) groups is 1. The standard InChI is InChI=1S/C31H35F2N7O3/c1-18-16-39(17-25(34)30(18)37-19(2)41)27-5-8-35-14-20(27)11-28-36-15-22-3-4-26(38-40(22)28)29-23(32)12-21(13-24(29)33)31(42)6-9-43-10-7-31/h3-5,8,12-15,18,25,30,42H,6-7,9-11,16-17,34H2,1-2H3,(H,37,41)/t18-,25+,30-/m0/s1. The summed E-state index contributed by atoms with van der Waals surface area (Å²) >= 11 is 0. The Hall–Kier alpha value is -4.00. The number of ether oxygens (including phenoxy) is 1. The largest absolute Gasteiger partial charge is 0.385 e. The summed E-state index contributed by atoms with van der Waals surface area (Å²) in [5, 5.41) is 18.5. The van der Waals surface area contributed by atoms with Gasteiger partial charge in [-0.1, -0.05) is 6.92 Å². The van der Waals surface area contributed by atoms with E-state index in [1.54, 1.807) is 35.2 Å². The Labute approximate surface area is 247 Å². The lowest BCUT2D eigenvalue weighted by atomic mass is 9.85. The number of aromatic nitrogens is 4. The minimum Gasteiger partial charge on any atom is -0.385 e. The van der Waals surface area contributed by atoms with Gasteiger partial charge in [-0.2, -0.15) is 5.10 Å². The molecular weight excluding hydrogens is 556 g/mol. The second-order valence-corrected chi connectivity index (χ2v) is 11.6. The van der Waals surface area contributed by atoms with Crippen molar-refractivity contribution in [1.82, 2.24) is 24.9 Å². The fourth-order valence-electron chi connectivity index (χ4n) is 6.31. The van der Waals surface area contributed by atoms with E-state index in [1.165, 1.54) is 19.1 Å². The molecule has 0 radical (unpaired) electrons. The molecule has 6 rings (SSSR count). The van der Waals surface area contributed by atoms with Crippen LogP contribution in [0.1, 0.15) is 43.6 Å². The molecule has 3 aromatic heterocycles. The van der Waals surface area contributed by atoms with E-state index in [0.717, 1.165) is 11.3 Å². The fourth-order valence-corrected chi connectivity index (χ4v) is 6.31. The van der Waals surface area contributed by atoms with Gasteiger partial charge in [0, 0.05) is 88.2 Å². The highest BCUT2D eigenvalue weighted by molar-refractivity contribution is 5.73. The molecule has 4 N–H and O–H groups in total. The lowest BCUT2D eigenvalue weighted by molar-refractivity contribution is -0.120. The molecule has 4 aromatic rings. The number of hydrogen-bond acceptors (Lipinski definition) is 8. The second kappa shape index (κ2) is 11.6. The topological polar surface area (TPSA) is 131 Å². The molecule has 0 spiro atoms. The number of hydrogen-bond donors (Lipinski definition) is 3. The van der Waals surface area contributed by atoms with E-state index in [2.05, 4.69) is 32.2 Å². The number of nitrogens with zero attached hydrogens (tertiary/aromatic N) is 5. The third kappa shape index (κ3) is 5.69. The van der Waals surface area contributed by atoms with Gasteiger partial charge in [0.05, 0.1) is 28.6 Å². The van der Waals surface area contributed by atoms with Crippen molar-refractivity contribution < 1.29 is 23.4 Å². The van der Waals surface area contributed by atoms with Crippen LogP contribution in [0.25, 0.3) is 16.8 Å². The average molecular weight is 592 g/mol. The Balaban J connectivity index is 1.29. The minimum absolute atomic E-state index is 0.101. The normalized spacial score (nSPS) is 22.1. The summed E-state index contributed by atoms with van der Waals surface area (Å²) in [7, 11) is 0. The first-order valence-corrected chi connectivity index (χ1v) is 14.5. The molecule has 10 nitrogen and oxygen atoms in total. The number of anilines is 1. The highest BCUT2D eigenvalue weighted by atomic mass is 19.1. The van der Waals surface area contributed by atoms with Crippen LogP contribution in [0.5, 0.6) is 0 Å². The smallest absolute Gasteiger partial charge is 0.217 e. The molecule has 2 fully saturated rings. The average Bonchev–Trinajstić information content (AvgIpc) is 3.37. The van der Waals surface area contributed by atoms with Crippen LogP contribution in [-0.2, 0) is 21.6 Å². The Morgan fingerprint density at radius 2 is 1.91 bits per heavy atom. The molecular formula is C31H35F2N7O3. The maximum Gasteiger partial charge on any atom is 0.217 e. The molecule has 1 aromatic carbocycles. The molecule has 0 saturated carbocycles. The first kappa shape index (κ1) is 29.1.